The summed E-state index contributed by atoms with van der Waals surface area (Å²) in [5.74, 6) is 0.736. The average molecular weight is 326 g/mol. The minimum atomic E-state index is -0.525. The number of carbonyl (C=O) groups is 1. The molecule has 124 valence electrons. The summed E-state index contributed by atoms with van der Waals surface area (Å²) in [5, 5.41) is 19.8. The van der Waals surface area contributed by atoms with Crippen LogP contribution in [0.2, 0.25) is 0 Å². The Labute approximate surface area is 138 Å². The maximum Gasteiger partial charge on any atom is 0.412 e. The molecule has 7 heteroatoms. The molecule has 0 aliphatic rings. The molecule has 0 atom stereocenters. The average Bonchev–Trinajstić information content (AvgIpc) is 3.01. The fourth-order valence-corrected chi connectivity index (χ4v) is 2.30. The van der Waals surface area contributed by atoms with Crippen LogP contribution in [0.25, 0.3) is 5.65 Å². The van der Waals surface area contributed by atoms with Crippen molar-refractivity contribution in [1.29, 1.82) is 0 Å². The second kappa shape index (κ2) is 7.56. The van der Waals surface area contributed by atoms with Crippen LogP contribution in [-0.4, -0.2) is 32.4 Å². The number of aryl methyl sites for hydroxylation is 1. The largest absolute Gasteiger partial charge is 0.444 e. The maximum absolute atomic E-state index is 11.9. The number of fused-ring (bicyclic) bond motifs is 1. The zero-order chi connectivity index (χ0) is 16.8. The Hall–Kier alpha value is -2.93. The summed E-state index contributed by atoms with van der Waals surface area (Å²) in [7, 11) is 0. The molecule has 0 aliphatic heterocycles. The standard InChI is InChI=1S/C17H18N4O3/c22-10-4-7-15-19-20-16-9-8-14(11-21(15)16)18-17(23)24-12-13-5-2-1-3-6-13/h1-3,5-6,8-9,11,22H,4,7,10,12H2,(H,18,23). The summed E-state index contributed by atoms with van der Waals surface area (Å²) < 4.78 is 6.99. The molecule has 0 radical (unpaired) electrons. The Morgan fingerprint density at radius 3 is 2.79 bits per heavy atom. The van der Waals surface area contributed by atoms with Gasteiger partial charge in [-0.3, -0.25) is 9.72 Å². The highest BCUT2D eigenvalue weighted by Gasteiger charge is 2.08. The van der Waals surface area contributed by atoms with Gasteiger partial charge < -0.3 is 9.84 Å². The van der Waals surface area contributed by atoms with Crippen LogP contribution in [0.3, 0.4) is 0 Å². The number of hydrogen-bond acceptors (Lipinski definition) is 5. The molecular formula is C17H18N4O3. The van der Waals surface area contributed by atoms with Crippen LogP contribution in [-0.2, 0) is 17.8 Å². The van der Waals surface area contributed by atoms with Crippen LogP contribution in [0.15, 0.2) is 48.7 Å². The van der Waals surface area contributed by atoms with Gasteiger partial charge >= 0.3 is 6.09 Å². The summed E-state index contributed by atoms with van der Waals surface area (Å²) in [6.45, 7) is 0.308. The molecule has 24 heavy (non-hydrogen) atoms. The van der Waals surface area contributed by atoms with E-state index in [1.165, 1.54) is 0 Å². The summed E-state index contributed by atoms with van der Waals surface area (Å²) in [6.07, 6.45) is 2.44. The number of nitrogens with zero attached hydrogens (tertiary/aromatic N) is 3. The SMILES string of the molecule is O=C(Nc1ccc2nnc(CCCO)n2c1)OCc1ccccc1. The van der Waals surface area contributed by atoms with Crippen molar-refractivity contribution >= 4 is 17.4 Å². The first kappa shape index (κ1) is 15.9. The lowest BCUT2D eigenvalue weighted by Crippen LogP contribution is -2.14. The van der Waals surface area contributed by atoms with Crippen molar-refractivity contribution in [2.24, 2.45) is 0 Å². The highest BCUT2D eigenvalue weighted by atomic mass is 16.5. The number of benzene rings is 1. The van der Waals surface area contributed by atoms with Gasteiger partial charge in [0, 0.05) is 19.2 Å². The number of carbonyl (C=O) groups excluding carboxylic acids is 1. The Bertz CT molecular complexity index is 817. The quantitative estimate of drug-likeness (QED) is 0.726. The van der Waals surface area contributed by atoms with Crippen molar-refractivity contribution in [3.8, 4) is 0 Å². The lowest BCUT2D eigenvalue weighted by atomic mass is 10.2. The molecule has 0 saturated heterocycles. The first-order valence-corrected chi connectivity index (χ1v) is 7.68. The van der Waals surface area contributed by atoms with Crippen molar-refractivity contribution < 1.29 is 14.6 Å². The van der Waals surface area contributed by atoms with Gasteiger partial charge in [0.25, 0.3) is 0 Å². The molecule has 2 N–H and O–H groups in total. The highest BCUT2D eigenvalue weighted by Crippen LogP contribution is 2.13. The fraction of sp³-hybridized carbons (Fsp3) is 0.235. The van der Waals surface area contributed by atoms with E-state index < -0.39 is 6.09 Å². The Balaban J connectivity index is 1.64. The van der Waals surface area contributed by atoms with Gasteiger partial charge in [-0.2, -0.15) is 0 Å². The van der Waals surface area contributed by atoms with E-state index in [4.69, 9.17) is 9.84 Å². The predicted molar refractivity (Wildman–Crippen MR) is 88.6 cm³/mol. The molecule has 7 nitrogen and oxygen atoms in total. The van der Waals surface area contributed by atoms with Gasteiger partial charge in [-0.25, -0.2) is 4.79 Å². The van der Waals surface area contributed by atoms with Crippen LogP contribution in [0, 0.1) is 0 Å². The third-order valence-electron chi connectivity index (χ3n) is 3.49. The van der Waals surface area contributed by atoms with E-state index >= 15 is 0 Å². The number of hydrogen-bond donors (Lipinski definition) is 2. The number of aromatic nitrogens is 3. The molecule has 0 aliphatic carbocycles. The molecule has 0 spiro atoms. The van der Waals surface area contributed by atoms with Crippen molar-refractivity contribution in [3.63, 3.8) is 0 Å². The topological polar surface area (TPSA) is 88.8 Å². The third kappa shape index (κ3) is 3.88. The first-order chi connectivity index (χ1) is 11.8. The number of nitrogens with one attached hydrogen (secondary N) is 1. The summed E-state index contributed by atoms with van der Waals surface area (Å²) >= 11 is 0. The van der Waals surface area contributed by atoms with Crippen molar-refractivity contribution in [3.05, 3.63) is 60.0 Å². The van der Waals surface area contributed by atoms with Gasteiger partial charge in [0.1, 0.15) is 12.4 Å². The van der Waals surface area contributed by atoms with Crippen LogP contribution in [0.1, 0.15) is 17.8 Å². The first-order valence-electron chi connectivity index (χ1n) is 7.68. The molecule has 0 fully saturated rings. The molecule has 2 aromatic heterocycles. The van der Waals surface area contributed by atoms with Crippen molar-refractivity contribution in [2.75, 3.05) is 11.9 Å². The number of aliphatic hydroxyl groups excluding tert-OH is 1. The number of aliphatic hydroxyl groups is 1. The van der Waals surface area contributed by atoms with E-state index in [1.54, 1.807) is 22.7 Å². The number of amides is 1. The van der Waals surface area contributed by atoms with Gasteiger partial charge in [0.15, 0.2) is 5.65 Å². The second-order valence-corrected chi connectivity index (χ2v) is 5.28. The predicted octanol–water partition coefficient (Wildman–Crippen LogP) is 2.40. The molecule has 1 aromatic carbocycles. The van der Waals surface area contributed by atoms with Crippen LogP contribution < -0.4 is 5.32 Å². The molecule has 1 amide bonds. The zero-order valence-corrected chi connectivity index (χ0v) is 13.1. The molecule has 0 saturated carbocycles. The van der Waals surface area contributed by atoms with E-state index in [-0.39, 0.29) is 13.2 Å². The van der Waals surface area contributed by atoms with Crippen LogP contribution >= 0.6 is 0 Å². The molecule has 0 unspecified atom stereocenters. The van der Waals surface area contributed by atoms with E-state index in [2.05, 4.69) is 15.5 Å². The molecule has 2 heterocycles. The van der Waals surface area contributed by atoms with Gasteiger partial charge in [-0.15, -0.1) is 10.2 Å². The van der Waals surface area contributed by atoms with Crippen LogP contribution in [0.4, 0.5) is 10.5 Å². The Morgan fingerprint density at radius 2 is 2.00 bits per heavy atom. The third-order valence-corrected chi connectivity index (χ3v) is 3.49. The number of rotatable bonds is 6. The Morgan fingerprint density at radius 1 is 1.17 bits per heavy atom. The minimum absolute atomic E-state index is 0.0959. The number of pyridine rings is 1. The maximum atomic E-state index is 11.9. The number of anilines is 1. The second-order valence-electron chi connectivity index (χ2n) is 5.28. The summed E-state index contributed by atoms with van der Waals surface area (Å²) in [6, 6.07) is 13.0. The van der Waals surface area contributed by atoms with E-state index in [1.807, 2.05) is 30.3 Å². The lowest BCUT2D eigenvalue weighted by molar-refractivity contribution is 0.155. The molecule has 3 rings (SSSR count). The minimum Gasteiger partial charge on any atom is -0.444 e. The van der Waals surface area contributed by atoms with E-state index in [9.17, 15) is 4.79 Å². The summed E-state index contributed by atoms with van der Waals surface area (Å²) in [5.41, 5.74) is 2.20. The molecule has 3 aromatic rings. The lowest BCUT2D eigenvalue weighted by Gasteiger charge is -2.08. The smallest absolute Gasteiger partial charge is 0.412 e. The van der Waals surface area contributed by atoms with Gasteiger partial charge in [0.05, 0.1) is 5.69 Å². The van der Waals surface area contributed by atoms with E-state index in [0.717, 1.165) is 11.4 Å². The molecule has 0 bridgehead atoms. The normalized spacial score (nSPS) is 10.7. The summed E-state index contributed by atoms with van der Waals surface area (Å²) in [4.78, 5) is 11.9. The Kier molecular flexibility index (Phi) is 5.02. The molecular weight excluding hydrogens is 308 g/mol. The van der Waals surface area contributed by atoms with Crippen LogP contribution in [0.5, 0.6) is 0 Å². The number of ether oxygens (including phenoxy) is 1. The fourth-order valence-electron chi connectivity index (χ4n) is 2.30. The van der Waals surface area contributed by atoms with Crippen molar-refractivity contribution in [2.45, 2.75) is 19.4 Å². The van der Waals surface area contributed by atoms with Gasteiger partial charge in [0.2, 0.25) is 0 Å². The monoisotopic (exact) mass is 326 g/mol. The van der Waals surface area contributed by atoms with Crippen molar-refractivity contribution in [1.82, 2.24) is 14.6 Å². The van der Waals surface area contributed by atoms with Gasteiger partial charge in [-0.1, -0.05) is 30.3 Å². The van der Waals surface area contributed by atoms with Gasteiger partial charge in [-0.05, 0) is 24.1 Å². The zero-order valence-electron chi connectivity index (χ0n) is 13.1. The highest BCUT2D eigenvalue weighted by molar-refractivity contribution is 5.84. The van der Waals surface area contributed by atoms with E-state index in [0.29, 0.717) is 24.2 Å².